The van der Waals surface area contributed by atoms with Crippen molar-refractivity contribution in [2.75, 3.05) is 18.5 Å². The standard InChI is InChI=1S/C11H15N3O2/c1-14(11(13)16)9-4-2-8(3-5-9)10(15)6-7-12/h2-5H,6-7,12H2,1H3,(H2,13,16). The van der Waals surface area contributed by atoms with Gasteiger partial charge in [-0.25, -0.2) is 4.79 Å². The van der Waals surface area contributed by atoms with E-state index in [2.05, 4.69) is 0 Å². The number of carbonyl (C=O) groups excluding carboxylic acids is 2. The molecule has 0 aliphatic rings. The van der Waals surface area contributed by atoms with E-state index in [4.69, 9.17) is 11.5 Å². The van der Waals surface area contributed by atoms with Crippen LogP contribution in [-0.2, 0) is 0 Å². The number of amides is 2. The van der Waals surface area contributed by atoms with Gasteiger partial charge in [0, 0.05) is 24.7 Å². The molecule has 0 radical (unpaired) electrons. The molecule has 16 heavy (non-hydrogen) atoms. The number of nitrogens with two attached hydrogens (primary N) is 2. The van der Waals surface area contributed by atoms with Crippen molar-refractivity contribution in [3.8, 4) is 0 Å². The molecule has 0 fully saturated rings. The molecule has 0 aliphatic carbocycles. The van der Waals surface area contributed by atoms with Gasteiger partial charge >= 0.3 is 6.03 Å². The van der Waals surface area contributed by atoms with E-state index in [0.717, 1.165) is 0 Å². The van der Waals surface area contributed by atoms with Gasteiger partial charge in [0.05, 0.1) is 0 Å². The molecule has 0 aliphatic heterocycles. The first kappa shape index (κ1) is 12.2. The third-order valence-electron chi connectivity index (χ3n) is 2.28. The molecule has 0 saturated heterocycles. The Hall–Kier alpha value is -1.88. The summed E-state index contributed by atoms with van der Waals surface area (Å²) in [5, 5.41) is 0. The molecule has 4 N–H and O–H groups in total. The largest absolute Gasteiger partial charge is 0.351 e. The summed E-state index contributed by atoms with van der Waals surface area (Å²) in [6.45, 7) is 0.335. The van der Waals surface area contributed by atoms with Crippen LogP contribution in [0.2, 0.25) is 0 Å². The molecule has 1 rings (SSSR count). The second kappa shape index (κ2) is 5.27. The summed E-state index contributed by atoms with van der Waals surface area (Å²) in [5.41, 5.74) is 11.7. The minimum atomic E-state index is -0.541. The van der Waals surface area contributed by atoms with Crippen molar-refractivity contribution in [2.24, 2.45) is 11.5 Å². The third-order valence-corrected chi connectivity index (χ3v) is 2.28. The fourth-order valence-corrected chi connectivity index (χ4v) is 1.27. The zero-order chi connectivity index (χ0) is 12.1. The number of benzene rings is 1. The van der Waals surface area contributed by atoms with Crippen LogP contribution in [0, 0.1) is 0 Å². The van der Waals surface area contributed by atoms with Crippen LogP contribution < -0.4 is 16.4 Å². The molecular weight excluding hydrogens is 206 g/mol. The summed E-state index contributed by atoms with van der Waals surface area (Å²) in [6, 6.07) is 6.13. The van der Waals surface area contributed by atoms with Gasteiger partial charge in [0.1, 0.15) is 0 Å². The summed E-state index contributed by atoms with van der Waals surface area (Å²) >= 11 is 0. The average molecular weight is 221 g/mol. The lowest BCUT2D eigenvalue weighted by molar-refractivity contribution is 0.0985. The van der Waals surface area contributed by atoms with Crippen LogP contribution in [0.4, 0.5) is 10.5 Å². The minimum Gasteiger partial charge on any atom is -0.351 e. The smallest absolute Gasteiger partial charge is 0.318 e. The molecule has 86 valence electrons. The Bertz CT molecular complexity index is 387. The van der Waals surface area contributed by atoms with Gasteiger partial charge in [0.2, 0.25) is 0 Å². The molecule has 0 aromatic heterocycles. The Morgan fingerprint density at radius 1 is 1.25 bits per heavy atom. The summed E-state index contributed by atoms with van der Waals surface area (Å²) < 4.78 is 0. The normalized spacial score (nSPS) is 9.88. The molecule has 0 spiro atoms. The number of hydrogen-bond acceptors (Lipinski definition) is 3. The lowest BCUT2D eigenvalue weighted by atomic mass is 10.1. The average Bonchev–Trinajstić information content (AvgIpc) is 2.28. The fourth-order valence-electron chi connectivity index (χ4n) is 1.27. The molecular formula is C11H15N3O2. The van der Waals surface area contributed by atoms with Crippen LogP contribution in [0.3, 0.4) is 0 Å². The number of ketones is 1. The number of urea groups is 1. The maximum Gasteiger partial charge on any atom is 0.318 e. The maximum absolute atomic E-state index is 11.5. The third kappa shape index (κ3) is 2.80. The molecule has 0 atom stereocenters. The van der Waals surface area contributed by atoms with E-state index in [1.54, 1.807) is 31.3 Å². The van der Waals surface area contributed by atoms with Gasteiger partial charge in [-0.3, -0.25) is 9.69 Å². The van der Waals surface area contributed by atoms with E-state index in [-0.39, 0.29) is 5.78 Å². The molecule has 0 bridgehead atoms. The zero-order valence-electron chi connectivity index (χ0n) is 9.14. The van der Waals surface area contributed by atoms with E-state index < -0.39 is 6.03 Å². The van der Waals surface area contributed by atoms with E-state index >= 15 is 0 Å². The number of hydrogen-bond donors (Lipinski definition) is 2. The number of rotatable bonds is 4. The Morgan fingerprint density at radius 3 is 2.25 bits per heavy atom. The van der Waals surface area contributed by atoms with Gasteiger partial charge < -0.3 is 11.5 Å². The highest BCUT2D eigenvalue weighted by atomic mass is 16.2. The van der Waals surface area contributed by atoms with Crippen LogP contribution in [0.5, 0.6) is 0 Å². The highest BCUT2D eigenvalue weighted by Crippen LogP contribution is 2.14. The minimum absolute atomic E-state index is 0.00391. The van der Waals surface area contributed by atoms with E-state index in [1.165, 1.54) is 4.90 Å². The van der Waals surface area contributed by atoms with Crippen molar-refractivity contribution in [1.82, 2.24) is 0 Å². The van der Waals surface area contributed by atoms with Crippen LogP contribution in [-0.4, -0.2) is 25.4 Å². The lowest BCUT2D eigenvalue weighted by Gasteiger charge is -2.14. The number of carbonyl (C=O) groups is 2. The molecule has 0 heterocycles. The van der Waals surface area contributed by atoms with Gasteiger partial charge in [-0.15, -0.1) is 0 Å². The lowest BCUT2D eigenvalue weighted by Crippen LogP contribution is -2.31. The highest BCUT2D eigenvalue weighted by Gasteiger charge is 2.08. The Morgan fingerprint density at radius 2 is 1.81 bits per heavy atom. The van der Waals surface area contributed by atoms with Gasteiger partial charge in [0.25, 0.3) is 0 Å². The molecule has 1 aromatic rings. The Labute approximate surface area is 94.0 Å². The maximum atomic E-state index is 11.5. The molecule has 2 amide bonds. The summed E-state index contributed by atoms with van der Waals surface area (Å²) in [7, 11) is 1.57. The molecule has 0 saturated carbocycles. The molecule has 5 heteroatoms. The first-order chi connectivity index (χ1) is 7.56. The number of nitrogens with zero attached hydrogens (tertiary/aromatic N) is 1. The predicted molar refractivity (Wildman–Crippen MR) is 62.4 cm³/mol. The van der Waals surface area contributed by atoms with Crippen molar-refractivity contribution >= 4 is 17.5 Å². The molecule has 1 aromatic carbocycles. The molecule has 0 unspecified atom stereocenters. The fraction of sp³-hybridized carbons (Fsp3) is 0.273. The molecule has 5 nitrogen and oxygen atoms in total. The van der Waals surface area contributed by atoms with E-state index in [9.17, 15) is 9.59 Å². The van der Waals surface area contributed by atoms with Crippen molar-refractivity contribution in [1.29, 1.82) is 0 Å². The Kier molecular flexibility index (Phi) is 4.02. The predicted octanol–water partition coefficient (Wildman–Crippen LogP) is 0.733. The Balaban J connectivity index is 2.83. The van der Waals surface area contributed by atoms with Crippen LogP contribution in [0.15, 0.2) is 24.3 Å². The summed E-state index contributed by atoms with van der Waals surface area (Å²) in [6.07, 6.45) is 0.324. The van der Waals surface area contributed by atoms with Crippen LogP contribution in [0.25, 0.3) is 0 Å². The van der Waals surface area contributed by atoms with E-state index in [0.29, 0.717) is 24.2 Å². The van der Waals surface area contributed by atoms with Crippen molar-refractivity contribution in [2.45, 2.75) is 6.42 Å². The van der Waals surface area contributed by atoms with Gasteiger partial charge in [-0.2, -0.15) is 0 Å². The number of Topliss-reactive ketones (excluding diaryl/α,β-unsaturated/α-hetero) is 1. The van der Waals surface area contributed by atoms with Crippen molar-refractivity contribution in [3.63, 3.8) is 0 Å². The van der Waals surface area contributed by atoms with Gasteiger partial charge in [-0.1, -0.05) is 0 Å². The van der Waals surface area contributed by atoms with Gasteiger partial charge in [0.15, 0.2) is 5.78 Å². The van der Waals surface area contributed by atoms with Crippen molar-refractivity contribution < 1.29 is 9.59 Å². The SMILES string of the molecule is CN(C(N)=O)c1ccc(C(=O)CCN)cc1. The number of anilines is 1. The highest BCUT2D eigenvalue weighted by molar-refractivity contribution is 5.97. The second-order valence-electron chi connectivity index (χ2n) is 3.41. The summed E-state index contributed by atoms with van der Waals surface area (Å²) in [5.74, 6) is -0.00391. The topological polar surface area (TPSA) is 89.4 Å². The van der Waals surface area contributed by atoms with Crippen molar-refractivity contribution in [3.05, 3.63) is 29.8 Å². The van der Waals surface area contributed by atoms with Crippen LogP contribution in [0.1, 0.15) is 16.8 Å². The monoisotopic (exact) mass is 221 g/mol. The second-order valence-corrected chi connectivity index (χ2v) is 3.41. The van der Waals surface area contributed by atoms with Gasteiger partial charge in [-0.05, 0) is 30.8 Å². The zero-order valence-corrected chi connectivity index (χ0v) is 9.14. The van der Waals surface area contributed by atoms with Crippen LogP contribution >= 0.6 is 0 Å². The van der Waals surface area contributed by atoms with E-state index in [1.807, 2.05) is 0 Å². The first-order valence-corrected chi connectivity index (χ1v) is 4.92. The quantitative estimate of drug-likeness (QED) is 0.734. The summed E-state index contributed by atoms with van der Waals surface area (Å²) in [4.78, 5) is 23.7. The first-order valence-electron chi connectivity index (χ1n) is 4.92. The number of primary amides is 1.